The smallest absolute Gasteiger partial charge is 0.0787 e. The van der Waals surface area contributed by atoms with Crippen LogP contribution in [-0.4, -0.2) is 9.97 Å². The second kappa shape index (κ2) is 3.50. The topological polar surface area (TPSA) is 25.8 Å². The Morgan fingerprint density at radius 1 is 0.667 bits per heavy atom. The molecule has 0 unspecified atom stereocenters. The number of pyridine rings is 2. The molecule has 4 aromatic rings. The van der Waals surface area contributed by atoms with Crippen LogP contribution in [0.3, 0.4) is 0 Å². The molecule has 0 saturated carbocycles. The lowest BCUT2D eigenvalue weighted by molar-refractivity contribution is 1.36. The summed E-state index contributed by atoms with van der Waals surface area (Å²) in [6.45, 7) is 0. The maximum atomic E-state index is 4.61. The highest BCUT2D eigenvalue weighted by atomic mass is 14.7. The van der Waals surface area contributed by atoms with Gasteiger partial charge in [-0.1, -0.05) is 36.4 Å². The number of aromatic nitrogens is 2. The van der Waals surface area contributed by atoms with Gasteiger partial charge in [-0.25, -0.2) is 0 Å². The van der Waals surface area contributed by atoms with Crippen molar-refractivity contribution in [2.75, 3.05) is 0 Å². The summed E-state index contributed by atoms with van der Waals surface area (Å²) >= 11 is 0. The molecule has 18 heavy (non-hydrogen) atoms. The zero-order chi connectivity index (χ0) is 11.9. The summed E-state index contributed by atoms with van der Waals surface area (Å²) in [5.74, 6) is 0. The number of benzene rings is 2. The number of fused-ring (bicyclic) bond motifs is 5. The molecular weight excluding hydrogens is 220 g/mol. The van der Waals surface area contributed by atoms with Crippen LogP contribution >= 0.6 is 0 Å². The summed E-state index contributed by atoms with van der Waals surface area (Å²) in [4.78, 5) is 8.76. The van der Waals surface area contributed by atoms with Crippen molar-refractivity contribution in [3.8, 4) is 0 Å². The average Bonchev–Trinajstić information content (AvgIpc) is 2.46. The Balaban J connectivity index is 2.31. The molecule has 2 heterocycles. The van der Waals surface area contributed by atoms with Crippen LogP contribution in [0.4, 0.5) is 0 Å². The Morgan fingerprint density at radius 3 is 2.56 bits per heavy atom. The summed E-state index contributed by atoms with van der Waals surface area (Å²) < 4.78 is 0. The predicted octanol–water partition coefficient (Wildman–Crippen LogP) is 3.94. The Hall–Kier alpha value is -2.48. The van der Waals surface area contributed by atoms with Crippen molar-refractivity contribution < 1.29 is 0 Å². The van der Waals surface area contributed by atoms with E-state index in [1.807, 2.05) is 30.7 Å². The van der Waals surface area contributed by atoms with E-state index < -0.39 is 0 Å². The molecule has 0 amide bonds. The van der Waals surface area contributed by atoms with Gasteiger partial charge in [-0.15, -0.1) is 0 Å². The van der Waals surface area contributed by atoms with E-state index in [9.17, 15) is 0 Å². The number of hydrogen-bond acceptors (Lipinski definition) is 2. The molecular formula is C16H10N2. The fraction of sp³-hybridized carbons (Fsp3) is 0. The van der Waals surface area contributed by atoms with Crippen LogP contribution in [0.25, 0.3) is 32.4 Å². The maximum absolute atomic E-state index is 4.61. The minimum Gasteiger partial charge on any atom is -0.264 e. The molecule has 2 heteroatoms. The summed E-state index contributed by atoms with van der Waals surface area (Å²) in [6, 6.07) is 14.6. The third-order valence-electron chi connectivity index (χ3n) is 3.38. The van der Waals surface area contributed by atoms with Gasteiger partial charge in [-0.2, -0.15) is 0 Å². The molecule has 84 valence electrons. The molecule has 4 rings (SSSR count). The molecule has 0 atom stereocenters. The Kier molecular flexibility index (Phi) is 1.86. The van der Waals surface area contributed by atoms with Gasteiger partial charge in [0.25, 0.3) is 0 Å². The van der Waals surface area contributed by atoms with Gasteiger partial charge < -0.3 is 0 Å². The van der Waals surface area contributed by atoms with Crippen molar-refractivity contribution in [3.05, 3.63) is 61.1 Å². The summed E-state index contributed by atoms with van der Waals surface area (Å²) in [7, 11) is 0. The molecule has 0 aliphatic rings. The minimum atomic E-state index is 1.05. The third kappa shape index (κ3) is 1.23. The first kappa shape index (κ1) is 9.54. The maximum Gasteiger partial charge on any atom is 0.0787 e. The fourth-order valence-corrected chi connectivity index (χ4v) is 2.50. The molecule has 0 N–H and O–H groups in total. The summed E-state index contributed by atoms with van der Waals surface area (Å²) in [5.41, 5.74) is 1.05. The Morgan fingerprint density at radius 2 is 1.56 bits per heavy atom. The second-order valence-electron chi connectivity index (χ2n) is 4.40. The van der Waals surface area contributed by atoms with Crippen molar-refractivity contribution in [1.82, 2.24) is 9.97 Å². The van der Waals surface area contributed by atoms with Crippen LogP contribution in [0.15, 0.2) is 61.1 Å². The summed E-state index contributed by atoms with van der Waals surface area (Å²) in [6.07, 6.45) is 5.64. The van der Waals surface area contributed by atoms with Crippen LogP contribution in [0, 0.1) is 0 Å². The minimum absolute atomic E-state index is 1.05. The predicted molar refractivity (Wildman–Crippen MR) is 74.6 cm³/mol. The lowest BCUT2D eigenvalue weighted by Crippen LogP contribution is -1.84. The quantitative estimate of drug-likeness (QED) is 0.428. The van der Waals surface area contributed by atoms with Gasteiger partial charge in [-0.3, -0.25) is 9.97 Å². The molecule has 0 spiro atoms. The van der Waals surface area contributed by atoms with Crippen molar-refractivity contribution >= 4 is 32.4 Å². The molecule has 0 saturated heterocycles. The number of rotatable bonds is 0. The Labute approximate surface area is 104 Å². The van der Waals surface area contributed by atoms with E-state index in [1.165, 1.54) is 16.2 Å². The van der Waals surface area contributed by atoms with Gasteiger partial charge in [0.05, 0.1) is 5.52 Å². The van der Waals surface area contributed by atoms with Gasteiger partial charge in [-0.05, 0) is 11.5 Å². The lowest BCUT2D eigenvalue weighted by Gasteiger charge is -2.05. The van der Waals surface area contributed by atoms with Crippen molar-refractivity contribution in [2.45, 2.75) is 0 Å². The Bertz CT molecular complexity index is 806. The summed E-state index contributed by atoms with van der Waals surface area (Å²) in [5, 5.41) is 5.92. The zero-order valence-electron chi connectivity index (χ0n) is 9.67. The van der Waals surface area contributed by atoms with Crippen LogP contribution < -0.4 is 0 Å². The van der Waals surface area contributed by atoms with Crippen molar-refractivity contribution in [2.24, 2.45) is 0 Å². The van der Waals surface area contributed by atoms with Crippen LogP contribution in [0.2, 0.25) is 0 Å². The zero-order valence-corrected chi connectivity index (χ0v) is 9.67. The third-order valence-corrected chi connectivity index (χ3v) is 3.38. The largest absolute Gasteiger partial charge is 0.264 e. The van der Waals surface area contributed by atoms with E-state index in [0.29, 0.717) is 0 Å². The second-order valence-corrected chi connectivity index (χ2v) is 4.40. The highest BCUT2D eigenvalue weighted by molar-refractivity contribution is 6.14. The van der Waals surface area contributed by atoms with Gasteiger partial charge in [0.2, 0.25) is 0 Å². The number of hydrogen-bond donors (Lipinski definition) is 0. The average molecular weight is 230 g/mol. The first-order valence-corrected chi connectivity index (χ1v) is 5.94. The van der Waals surface area contributed by atoms with Crippen molar-refractivity contribution in [3.63, 3.8) is 0 Å². The number of nitrogens with zero attached hydrogens (tertiary/aromatic N) is 2. The molecule has 0 aliphatic heterocycles. The van der Waals surface area contributed by atoms with Crippen LogP contribution in [0.1, 0.15) is 0 Å². The molecule has 0 fully saturated rings. The van der Waals surface area contributed by atoms with Gasteiger partial charge >= 0.3 is 0 Å². The molecule has 2 nitrogen and oxygen atoms in total. The highest BCUT2D eigenvalue weighted by Crippen LogP contribution is 2.28. The fourth-order valence-electron chi connectivity index (χ4n) is 2.50. The SMILES string of the molecule is c1ccc2c(c1)cnc1c3ccncc3ccc21. The van der Waals surface area contributed by atoms with E-state index in [1.54, 1.807) is 0 Å². The highest BCUT2D eigenvalue weighted by Gasteiger charge is 2.04. The van der Waals surface area contributed by atoms with E-state index in [4.69, 9.17) is 0 Å². The molecule has 0 radical (unpaired) electrons. The van der Waals surface area contributed by atoms with Crippen molar-refractivity contribution in [1.29, 1.82) is 0 Å². The molecule has 2 aromatic heterocycles. The van der Waals surface area contributed by atoms with E-state index >= 15 is 0 Å². The van der Waals surface area contributed by atoms with Gasteiger partial charge in [0.1, 0.15) is 0 Å². The monoisotopic (exact) mass is 230 g/mol. The molecule has 0 bridgehead atoms. The first-order valence-electron chi connectivity index (χ1n) is 5.94. The van der Waals surface area contributed by atoms with Gasteiger partial charge in [0, 0.05) is 40.1 Å². The van der Waals surface area contributed by atoms with Gasteiger partial charge in [0.15, 0.2) is 0 Å². The van der Waals surface area contributed by atoms with Crippen LogP contribution in [-0.2, 0) is 0 Å². The van der Waals surface area contributed by atoms with E-state index in [0.717, 1.165) is 16.3 Å². The van der Waals surface area contributed by atoms with E-state index in [-0.39, 0.29) is 0 Å². The molecule has 2 aromatic carbocycles. The lowest BCUT2D eigenvalue weighted by atomic mass is 10.0. The first-order chi connectivity index (χ1) is 8.93. The standard InChI is InChI=1S/C16H10N2/c1-2-4-13-11(3-1)10-18-16-14-7-8-17-9-12(14)5-6-15(13)16/h1-10H. The van der Waals surface area contributed by atoms with Crippen LogP contribution in [0.5, 0.6) is 0 Å². The molecule has 0 aliphatic carbocycles. The normalized spacial score (nSPS) is 11.3. The van der Waals surface area contributed by atoms with E-state index in [2.05, 4.69) is 40.3 Å².